The van der Waals surface area contributed by atoms with E-state index in [-0.39, 0.29) is 18.5 Å². The third-order valence-corrected chi connectivity index (χ3v) is 2.47. The molecule has 0 aliphatic rings. The first-order valence-corrected chi connectivity index (χ1v) is 6.26. The predicted molar refractivity (Wildman–Crippen MR) is 69.8 cm³/mol. The summed E-state index contributed by atoms with van der Waals surface area (Å²) in [7, 11) is 1.58. The van der Waals surface area contributed by atoms with Crippen LogP contribution in [0.3, 0.4) is 0 Å². The van der Waals surface area contributed by atoms with Gasteiger partial charge in [0.25, 0.3) is 0 Å². The summed E-state index contributed by atoms with van der Waals surface area (Å²) in [6.07, 6.45) is -0.680. The zero-order chi connectivity index (χ0) is 14.3. The number of ether oxygens (including phenoxy) is 3. The number of aliphatic hydroxyl groups is 1. The van der Waals surface area contributed by atoms with Gasteiger partial charge in [0.1, 0.15) is 24.3 Å². The van der Waals surface area contributed by atoms with E-state index >= 15 is 0 Å². The number of aliphatic hydroxyl groups excluding tert-OH is 1. The first kappa shape index (κ1) is 15.9. The van der Waals surface area contributed by atoms with E-state index in [1.54, 1.807) is 7.11 Å². The summed E-state index contributed by atoms with van der Waals surface area (Å²) in [5.74, 6) is 0.109. The first-order valence-electron chi connectivity index (χ1n) is 6.26. The van der Waals surface area contributed by atoms with E-state index in [1.807, 2.05) is 13.8 Å². The highest BCUT2D eigenvalue weighted by Crippen LogP contribution is 2.29. The third kappa shape index (κ3) is 5.14. The van der Waals surface area contributed by atoms with Crippen LogP contribution in [0.1, 0.15) is 25.5 Å². The van der Waals surface area contributed by atoms with Gasteiger partial charge in [-0.2, -0.15) is 0 Å². The van der Waals surface area contributed by atoms with Gasteiger partial charge in [-0.3, -0.25) is 0 Å². The highest BCUT2D eigenvalue weighted by molar-refractivity contribution is 5.36. The Balaban J connectivity index is 2.90. The fourth-order valence-electron chi connectivity index (χ4n) is 1.68. The van der Waals surface area contributed by atoms with Crippen LogP contribution in [0.15, 0.2) is 18.2 Å². The Morgan fingerprint density at radius 3 is 2.58 bits per heavy atom. The van der Waals surface area contributed by atoms with Gasteiger partial charge >= 0.3 is 0 Å². The highest BCUT2D eigenvalue weighted by Gasteiger charge is 2.18. The molecule has 1 aromatic carbocycles. The second-order valence-electron chi connectivity index (χ2n) is 4.38. The van der Waals surface area contributed by atoms with Crippen LogP contribution in [0.4, 0.5) is 4.39 Å². The molecule has 1 atom stereocenters. The molecule has 0 aliphatic heterocycles. The topological polar surface area (TPSA) is 47.9 Å². The number of halogens is 1. The van der Waals surface area contributed by atoms with Crippen LogP contribution in [-0.4, -0.2) is 38.1 Å². The van der Waals surface area contributed by atoms with E-state index in [4.69, 9.17) is 14.2 Å². The van der Waals surface area contributed by atoms with Crippen LogP contribution in [0.2, 0.25) is 0 Å². The first-order chi connectivity index (χ1) is 9.08. The van der Waals surface area contributed by atoms with Crippen molar-refractivity contribution in [1.82, 2.24) is 0 Å². The molecule has 0 spiro atoms. The minimum atomic E-state index is -0.603. The lowest BCUT2D eigenvalue weighted by molar-refractivity contribution is -0.0263. The van der Waals surface area contributed by atoms with Crippen molar-refractivity contribution in [3.05, 3.63) is 29.6 Å². The van der Waals surface area contributed by atoms with Crippen LogP contribution in [-0.2, 0) is 9.47 Å². The molecule has 1 N–H and O–H groups in total. The number of hydrogen-bond donors (Lipinski definition) is 1. The second kappa shape index (κ2) is 8.09. The maximum absolute atomic E-state index is 13.4. The molecule has 0 aliphatic carbocycles. The highest BCUT2D eigenvalue weighted by atomic mass is 19.1. The van der Waals surface area contributed by atoms with E-state index in [2.05, 4.69) is 0 Å². The molecule has 0 heterocycles. The third-order valence-electron chi connectivity index (χ3n) is 2.47. The summed E-state index contributed by atoms with van der Waals surface area (Å²) in [4.78, 5) is 0. The van der Waals surface area contributed by atoms with Crippen LogP contribution in [0, 0.1) is 5.82 Å². The van der Waals surface area contributed by atoms with Gasteiger partial charge in [0.2, 0.25) is 0 Å². The Bertz CT molecular complexity index is 382. The predicted octanol–water partition coefficient (Wildman–Crippen LogP) is 2.31. The Morgan fingerprint density at radius 1 is 1.26 bits per heavy atom. The quantitative estimate of drug-likeness (QED) is 0.738. The van der Waals surface area contributed by atoms with E-state index in [9.17, 15) is 9.50 Å². The summed E-state index contributed by atoms with van der Waals surface area (Å²) in [6, 6.07) is 4.17. The molecule has 19 heavy (non-hydrogen) atoms. The zero-order valence-electron chi connectivity index (χ0n) is 11.6. The standard InChI is InChI=1S/C14H21FO4/c1-10(2)19-14(9-16)12-8-11(15)4-5-13(12)18-7-6-17-3/h4-5,8,10,14,16H,6-7,9H2,1-3H3/t14-/m0/s1. The Labute approximate surface area is 113 Å². The average molecular weight is 272 g/mol. The molecule has 0 saturated carbocycles. The van der Waals surface area contributed by atoms with Crippen molar-refractivity contribution in [2.45, 2.75) is 26.1 Å². The van der Waals surface area contributed by atoms with Crippen LogP contribution < -0.4 is 4.74 Å². The number of rotatable bonds is 8. The van der Waals surface area contributed by atoms with Gasteiger partial charge in [-0.05, 0) is 32.0 Å². The van der Waals surface area contributed by atoms with Crippen molar-refractivity contribution in [1.29, 1.82) is 0 Å². The molecule has 0 bridgehead atoms. The molecule has 0 aromatic heterocycles. The Morgan fingerprint density at radius 2 is 2.00 bits per heavy atom. The SMILES string of the molecule is COCCOc1ccc(F)cc1[C@H](CO)OC(C)C. The molecule has 5 heteroatoms. The summed E-state index contributed by atoms with van der Waals surface area (Å²) in [6.45, 7) is 4.27. The average Bonchev–Trinajstić information content (AvgIpc) is 2.37. The lowest BCUT2D eigenvalue weighted by Gasteiger charge is -2.21. The van der Waals surface area contributed by atoms with Gasteiger partial charge < -0.3 is 19.3 Å². The van der Waals surface area contributed by atoms with Crippen molar-refractivity contribution in [3.8, 4) is 5.75 Å². The lowest BCUT2D eigenvalue weighted by Crippen LogP contribution is -2.16. The van der Waals surface area contributed by atoms with Crippen molar-refractivity contribution >= 4 is 0 Å². The molecule has 0 radical (unpaired) electrons. The largest absolute Gasteiger partial charge is 0.491 e. The Kier molecular flexibility index (Phi) is 6.77. The zero-order valence-corrected chi connectivity index (χ0v) is 11.6. The smallest absolute Gasteiger partial charge is 0.125 e. The van der Waals surface area contributed by atoms with E-state index in [0.717, 1.165) is 0 Å². The van der Waals surface area contributed by atoms with Crippen molar-refractivity contribution in [3.63, 3.8) is 0 Å². The van der Waals surface area contributed by atoms with Crippen LogP contribution in [0.25, 0.3) is 0 Å². The summed E-state index contributed by atoms with van der Waals surface area (Å²) >= 11 is 0. The van der Waals surface area contributed by atoms with Crippen molar-refractivity contribution in [2.24, 2.45) is 0 Å². The molecule has 0 fully saturated rings. The van der Waals surface area contributed by atoms with Crippen LogP contribution >= 0.6 is 0 Å². The monoisotopic (exact) mass is 272 g/mol. The molecule has 1 aromatic rings. The van der Waals surface area contributed by atoms with Crippen LogP contribution in [0.5, 0.6) is 5.75 Å². The molecule has 0 amide bonds. The fourth-order valence-corrected chi connectivity index (χ4v) is 1.68. The minimum Gasteiger partial charge on any atom is -0.491 e. The maximum atomic E-state index is 13.4. The van der Waals surface area contributed by atoms with Crippen molar-refractivity contribution in [2.75, 3.05) is 26.9 Å². The Hall–Kier alpha value is -1.17. The maximum Gasteiger partial charge on any atom is 0.125 e. The molecule has 0 unspecified atom stereocenters. The van der Waals surface area contributed by atoms with E-state index < -0.39 is 6.10 Å². The van der Waals surface area contributed by atoms with Crippen molar-refractivity contribution < 1.29 is 23.7 Å². The van der Waals surface area contributed by atoms with E-state index in [1.165, 1.54) is 18.2 Å². The van der Waals surface area contributed by atoms with Gasteiger partial charge in [-0.25, -0.2) is 4.39 Å². The second-order valence-corrected chi connectivity index (χ2v) is 4.38. The summed E-state index contributed by atoms with van der Waals surface area (Å²) in [5, 5.41) is 9.39. The molecule has 108 valence electrons. The summed E-state index contributed by atoms with van der Waals surface area (Å²) < 4.78 is 29.3. The van der Waals surface area contributed by atoms with Gasteiger partial charge in [-0.15, -0.1) is 0 Å². The molecule has 1 rings (SSSR count). The number of methoxy groups -OCH3 is 1. The molecular weight excluding hydrogens is 251 g/mol. The molecule has 4 nitrogen and oxygen atoms in total. The summed E-state index contributed by atoms with van der Waals surface area (Å²) in [5.41, 5.74) is 0.507. The molecule has 0 saturated heterocycles. The lowest BCUT2D eigenvalue weighted by atomic mass is 10.1. The van der Waals surface area contributed by atoms with Gasteiger partial charge in [0, 0.05) is 12.7 Å². The number of hydrogen-bond acceptors (Lipinski definition) is 4. The van der Waals surface area contributed by atoms with E-state index in [0.29, 0.717) is 24.5 Å². The normalized spacial score (nSPS) is 12.7. The minimum absolute atomic E-state index is 0.0766. The van der Waals surface area contributed by atoms with Gasteiger partial charge in [0.05, 0.1) is 19.3 Å². The fraction of sp³-hybridized carbons (Fsp3) is 0.571. The molecular formula is C14H21FO4. The van der Waals surface area contributed by atoms with Gasteiger partial charge in [-0.1, -0.05) is 0 Å². The van der Waals surface area contributed by atoms with Gasteiger partial charge in [0.15, 0.2) is 0 Å². The number of benzene rings is 1.